The molecule has 104 valence electrons. The van der Waals surface area contributed by atoms with Crippen LogP contribution in [0.4, 0.5) is 0 Å². The van der Waals surface area contributed by atoms with E-state index in [1.54, 1.807) is 0 Å². The molecular weight excluding hydrogens is 220 g/mol. The van der Waals surface area contributed by atoms with Crippen molar-refractivity contribution in [1.29, 1.82) is 0 Å². The molecule has 1 aliphatic rings. The van der Waals surface area contributed by atoms with Gasteiger partial charge in [0.25, 0.3) is 0 Å². The van der Waals surface area contributed by atoms with Gasteiger partial charge in [0, 0.05) is 0 Å². The lowest BCUT2D eigenvalue weighted by molar-refractivity contribution is -0.0439. The molecule has 0 radical (unpaired) electrons. The van der Waals surface area contributed by atoms with Gasteiger partial charge in [-0.1, -0.05) is 72.2 Å². The molecular formula is C17H30O. The number of benzene rings is 1. The van der Waals surface area contributed by atoms with Gasteiger partial charge in [-0.25, -0.2) is 0 Å². The van der Waals surface area contributed by atoms with Crippen LogP contribution in [0.25, 0.3) is 0 Å². The average Bonchev–Trinajstić information content (AvgIpc) is 2.81. The van der Waals surface area contributed by atoms with E-state index in [1.807, 2.05) is 13.8 Å². The third-order valence-corrected chi connectivity index (χ3v) is 3.15. The molecule has 1 heteroatoms. The van der Waals surface area contributed by atoms with Crippen molar-refractivity contribution in [3.63, 3.8) is 0 Å². The summed E-state index contributed by atoms with van der Waals surface area (Å²) < 4.78 is 5.91. The zero-order chi connectivity index (χ0) is 14.0. The number of rotatable bonds is 2. The van der Waals surface area contributed by atoms with Crippen molar-refractivity contribution in [1.82, 2.24) is 0 Å². The van der Waals surface area contributed by atoms with Crippen LogP contribution in [0.5, 0.6) is 0 Å². The zero-order valence-electron chi connectivity index (χ0n) is 13.0. The summed E-state index contributed by atoms with van der Waals surface area (Å²) in [5.74, 6) is 0. The monoisotopic (exact) mass is 250 g/mol. The molecule has 0 saturated carbocycles. The summed E-state index contributed by atoms with van der Waals surface area (Å²) in [6, 6.07) is 8.56. The van der Waals surface area contributed by atoms with Crippen molar-refractivity contribution in [2.75, 3.05) is 0 Å². The minimum absolute atomic E-state index is 0.0105. The van der Waals surface area contributed by atoms with Crippen LogP contribution in [-0.4, -0.2) is 0 Å². The normalized spacial score (nSPS) is 14.8. The van der Waals surface area contributed by atoms with Crippen molar-refractivity contribution >= 4 is 0 Å². The number of fused-ring (bicyclic) bond motifs is 1. The van der Waals surface area contributed by atoms with Crippen LogP contribution in [0.3, 0.4) is 0 Å². The molecule has 2 rings (SSSR count). The predicted octanol–water partition coefficient (Wildman–Crippen LogP) is 5.67. The number of hydrogen-bond donors (Lipinski definition) is 0. The lowest BCUT2D eigenvalue weighted by Gasteiger charge is -2.26. The molecule has 0 unspecified atom stereocenters. The second-order valence-electron chi connectivity index (χ2n) is 4.35. The highest BCUT2D eigenvalue weighted by Crippen LogP contribution is 2.41. The molecule has 0 atom stereocenters. The van der Waals surface area contributed by atoms with Crippen molar-refractivity contribution in [3.8, 4) is 0 Å². The molecule has 0 bridgehead atoms. The van der Waals surface area contributed by atoms with E-state index < -0.39 is 0 Å². The lowest BCUT2D eigenvalue weighted by atomic mass is 9.88. The Kier molecular flexibility index (Phi) is 8.74. The first-order valence-electron chi connectivity index (χ1n) is 7.46. The quantitative estimate of drug-likeness (QED) is 0.656. The highest BCUT2D eigenvalue weighted by molar-refractivity contribution is 5.35. The van der Waals surface area contributed by atoms with Gasteiger partial charge in [0.2, 0.25) is 0 Å². The van der Waals surface area contributed by atoms with E-state index in [0.717, 1.165) is 19.4 Å². The molecule has 0 aromatic heterocycles. The van der Waals surface area contributed by atoms with Gasteiger partial charge in [-0.2, -0.15) is 0 Å². The van der Waals surface area contributed by atoms with Crippen LogP contribution in [0.1, 0.15) is 71.9 Å². The molecule has 0 saturated heterocycles. The van der Waals surface area contributed by atoms with Crippen LogP contribution in [0.15, 0.2) is 24.3 Å². The van der Waals surface area contributed by atoms with Crippen molar-refractivity contribution in [3.05, 3.63) is 35.4 Å². The van der Waals surface area contributed by atoms with Crippen molar-refractivity contribution in [2.24, 2.45) is 0 Å². The summed E-state index contributed by atoms with van der Waals surface area (Å²) in [7, 11) is 0. The minimum Gasteiger partial charge on any atom is -0.366 e. The van der Waals surface area contributed by atoms with Crippen LogP contribution in [0.2, 0.25) is 0 Å². The molecule has 18 heavy (non-hydrogen) atoms. The standard InChI is InChI=1S/C12H16O.C3H8.C2H6/c1-3-12(4-2)11-8-6-5-7-10(11)9-13-12;1-3-2;1-2/h5-8H,3-4,9H2,1-2H3;3H2,1-2H3;1-2H3. The molecule has 1 heterocycles. The van der Waals surface area contributed by atoms with Gasteiger partial charge in [-0.15, -0.1) is 0 Å². The molecule has 0 N–H and O–H groups in total. The Hall–Kier alpha value is -0.820. The first-order chi connectivity index (χ1) is 8.74. The van der Waals surface area contributed by atoms with E-state index >= 15 is 0 Å². The van der Waals surface area contributed by atoms with Gasteiger partial charge in [-0.05, 0) is 24.0 Å². The number of hydrogen-bond acceptors (Lipinski definition) is 1. The Morgan fingerprint density at radius 1 is 1.00 bits per heavy atom. The fourth-order valence-corrected chi connectivity index (χ4v) is 2.22. The predicted molar refractivity (Wildman–Crippen MR) is 80.8 cm³/mol. The first kappa shape index (κ1) is 17.2. The second kappa shape index (κ2) is 9.16. The first-order valence-corrected chi connectivity index (χ1v) is 7.46. The summed E-state index contributed by atoms with van der Waals surface area (Å²) in [5, 5.41) is 0. The van der Waals surface area contributed by atoms with Crippen molar-refractivity contribution in [2.45, 2.75) is 73.0 Å². The van der Waals surface area contributed by atoms with Gasteiger partial charge in [0.05, 0.1) is 12.2 Å². The van der Waals surface area contributed by atoms with E-state index in [1.165, 1.54) is 17.5 Å². The Balaban J connectivity index is 0.000000509. The van der Waals surface area contributed by atoms with Crippen LogP contribution < -0.4 is 0 Å². The molecule has 1 aromatic rings. The molecule has 0 aliphatic carbocycles. The molecule has 1 aliphatic heterocycles. The summed E-state index contributed by atoms with van der Waals surface area (Å²) in [6.45, 7) is 13.4. The van der Waals surface area contributed by atoms with E-state index in [-0.39, 0.29) is 5.60 Å². The van der Waals surface area contributed by atoms with E-state index in [0.29, 0.717) is 0 Å². The number of ether oxygens (including phenoxy) is 1. The van der Waals surface area contributed by atoms with E-state index in [2.05, 4.69) is 52.0 Å². The third-order valence-electron chi connectivity index (χ3n) is 3.15. The SMILES string of the molecule is CC.CCC.CCC1(CC)OCc2ccccc21. The highest BCUT2D eigenvalue weighted by Gasteiger charge is 2.36. The van der Waals surface area contributed by atoms with Crippen LogP contribution >= 0.6 is 0 Å². The summed E-state index contributed by atoms with van der Waals surface area (Å²) in [5.41, 5.74) is 2.78. The molecule has 1 aromatic carbocycles. The van der Waals surface area contributed by atoms with Crippen molar-refractivity contribution < 1.29 is 4.74 Å². The van der Waals surface area contributed by atoms with E-state index in [4.69, 9.17) is 4.74 Å². The largest absolute Gasteiger partial charge is 0.366 e. The Morgan fingerprint density at radius 3 is 2.00 bits per heavy atom. The topological polar surface area (TPSA) is 9.23 Å². The Morgan fingerprint density at radius 2 is 1.50 bits per heavy atom. The minimum atomic E-state index is 0.0105. The maximum absolute atomic E-state index is 5.91. The maximum Gasteiger partial charge on any atom is 0.0934 e. The summed E-state index contributed by atoms with van der Waals surface area (Å²) >= 11 is 0. The van der Waals surface area contributed by atoms with Crippen LogP contribution in [0, 0.1) is 0 Å². The highest BCUT2D eigenvalue weighted by atomic mass is 16.5. The van der Waals surface area contributed by atoms with Gasteiger partial charge < -0.3 is 4.74 Å². The van der Waals surface area contributed by atoms with Gasteiger partial charge in [-0.3, -0.25) is 0 Å². The fourth-order valence-electron chi connectivity index (χ4n) is 2.22. The molecule has 1 nitrogen and oxygen atoms in total. The zero-order valence-corrected chi connectivity index (χ0v) is 13.0. The van der Waals surface area contributed by atoms with E-state index in [9.17, 15) is 0 Å². The van der Waals surface area contributed by atoms with Crippen LogP contribution in [-0.2, 0) is 16.9 Å². The molecule has 0 fully saturated rings. The Labute approximate surface area is 114 Å². The average molecular weight is 250 g/mol. The van der Waals surface area contributed by atoms with Gasteiger partial charge in [0.1, 0.15) is 0 Å². The summed E-state index contributed by atoms with van der Waals surface area (Å²) in [6.07, 6.45) is 3.39. The van der Waals surface area contributed by atoms with Gasteiger partial charge >= 0.3 is 0 Å². The second-order valence-corrected chi connectivity index (χ2v) is 4.35. The smallest absolute Gasteiger partial charge is 0.0934 e. The molecule has 0 spiro atoms. The van der Waals surface area contributed by atoms with Gasteiger partial charge in [0.15, 0.2) is 0 Å². The lowest BCUT2D eigenvalue weighted by Crippen LogP contribution is -2.22. The fraction of sp³-hybridized carbons (Fsp3) is 0.647. The Bertz CT molecular complexity index is 313. The third kappa shape index (κ3) is 3.84. The summed E-state index contributed by atoms with van der Waals surface area (Å²) in [4.78, 5) is 0. The maximum atomic E-state index is 5.91. The molecule has 0 amide bonds.